The minimum atomic E-state index is 0.0623. The van der Waals surface area contributed by atoms with Crippen LogP contribution in [0.5, 0.6) is 11.5 Å². The van der Waals surface area contributed by atoms with Gasteiger partial charge in [-0.3, -0.25) is 4.90 Å². The highest BCUT2D eigenvalue weighted by Crippen LogP contribution is 2.40. The molecule has 0 aliphatic heterocycles. The van der Waals surface area contributed by atoms with Gasteiger partial charge in [-0.2, -0.15) is 0 Å². The van der Waals surface area contributed by atoms with Crippen molar-refractivity contribution in [2.24, 2.45) is 5.73 Å². The van der Waals surface area contributed by atoms with Gasteiger partial charge < -0.3 is 15.2 Å². The summed E-state index contributed by atoms with van der Waals surface area (Å²) in [6.45, 7) is 7.84. The van der Waals surface area contributed by atoms with E-state index in [0.29, 0.717) is 29.1 Å². The lowest BCUT2D eigenvalue weighted by atomic mass is 10.0. The fourth-order valence-corrected chi connectivity index (χ4v) is 2.91. The van der Waals surface area contributed by atoms with Crippen molar-refractivity contribution in [3.8, 4) is 11.5 Å². The number of nitrogens with zero attached hydrogens (tertiary/aromatic N) is 1. The number of rotatable bonds is 7. The Hall–Kier alpha value is -0.970. The van der Waals surface area contributed by atoms with Crippen LogP contribution in [-0.2, 0) is 0 Å². The molecule has 0 radical (unpaired) electrons. The minimum absolute atomic E-state index is 0.0623. The van der Waals surface area contributed by atoms with E-state index in [-0.39, 0.29) is 6.04 Å². The molecule has 1 rings (SSSR count). The Labute approximate surface area is 126 Å². The van der Waals surface area contributed by atoms with Crippen molar-refractivity contribution >= 4 is 11.6 Å². The van der Waals surface area contributed by atoms with E-state index in [9.17, 15) is 0 Å². The van der Waals surface area contributed by atoms with E-state index in [1.165, 1.54) is 0 Å². The summed E-state index contributed by atoms with van der Waals surface area (Å²) in [7, 11) is 3.19. The van der Waals surface area contributed by atoms with Crippen molar-refractivity contribution in [1.82, 2.24) is 4.90 Å². The smallest absolute Gasteiger partial charge is 0.179 e. The molecule has 0 amide bonds. The number of halogens is 1. The van der Waals surface area contributed by atoms with E-state index in [1.807, 2.05) is 12.1 Å². The van der Waals surface area contributed by atoms with E-state index in [0.717, 1.165) is 12.1 Å². The van der Waals surface area contributed by atoms with Crippen LogP contribution in [-0.4, -0.2) is 38.3 Å². The first-order valence-corrected chi connectivity index (χ1v) is 7.25. The molecular formula is C15H25ClN2O2. The monoisotopic (exact) mass is 300 g/mol. The van der Waals surface area contributed by atoms with Gasteiger partial charge in [0.25, 0.3) is 0 Å². The summed E-state index contributed by atoms with van der Waals surface area (Å²) in [6.07, 6.45) is 0. The maximum atomic E-state index is 6.48. The fraction of sp³-hybridized carbons (Fsp3) is 0.600. The number of ether oxygens (including phenoxy) is 2. The van der Waals surface area contributed by atoms with Crippen LogP contribution in [0.2, 0.25) is 5.02 Å². The van der Waals surface area contributed by atoms with Crippen molar-refractivity contribution in [1.29, 1.82) is 0 Å². The zero-order chi connectivity index (χ0) is 15.3. The highest BCUT2D eigenvalue weighted by molar-refractivity contribution is 6.33. The van der Waals surface area contributed by atoms with Gasteiger partial charge in [0.2, 0.25) is 0 Å². The summed E-state index contributed by atoms with van der Waals surface area (Å²) >= 11 is 6.48. The standard InChI is InChI=1S/C15H25ClN2O2/c1-6-18(10(2)3)12(9-17)11-7-8-13(19-4)15(20-5)14(11)16/h7-8,10,12H,6,9,17H2,1-5H3. The third kappa shape index (κ3) is 3.37. The van der Waals surface area contributed by atoms with E-state index in [4.69, 9.17) is 26.8 Å². The van der Waals surface area contributed by atoms with Gasteiger partial charge in [0.05, 0.1) is 19.2 Å². The predicted octanol–water partition coefficient (Wildman–Crippen LogP) is 3.09. The predicted molar refractivity (Wildman–Crippen MR) is 83.9 cm³/mol. The van der Waals surface area contributed by atoms with E-state index >= 15 is 0 Å². The molecule has 1 unspecified atom stereocenters. The summed E-state index contributed by atoms with van der Waals surface area (Å²) in [6, 6.07) is 4.29. The zero-order valence-electron chi connectivity index (χ0n) is 12.9. The number of hydrogen-bond acceptors (Lipinski definition) is 4. The molecule has 0 fully saturated rings. The highest BCUT2D eigenvalue weighted by Gasteiger charge is 2.25. The van der Waals surface area contributed by atoms with E-state index in [1.54, 1.807) is 14.2 Å². The van der Waals surface area contributed by atoms with Crippen molar-refractivity contribution in [2.75, 3.05) is 27.3 Å². The molecule has 0 heterocycles. The lowest BCUT2D eigenvalue weighted by molar-refractivity contribution is 0.166. The summed E-state index contributed by atoms with van der Waals surface area (Å²) in [4.78, 5) is 2.31. The molecule has 0 bridgehead atoms. The van der Waals surface area contributed by atoms with Gasteiger partial charge in [-0.05, 0) is 32.0 Å². The van der Waals surface area contributed by atoms with Crippen LogP contribution >= 0.6 is 11.6 Å². The molecule has 0 saturated carbocycles. The summed E-state index contributed by atoms with van der Waals surface area (Å²) < 4.78 is 10.6. The third-order valence-corrected chi connectivity index (χ3v) is 3.92. The highest BCUT2D eigenvalue weighted by atomic mass is 35.5. The number of hydrogen-bond donors (Lipinski definition) is 1. The summed E-state index contributed by atoms with van der Waals surface area (Å²) in [5.74, 6) is 1.19. The number of benzene rings is 1. The molecule has 1 aromatic rings. The number of nitrogens with two attached hydrogens (primary N) is 1. The van der Waals surface area contributed by atoms with Crippen molar-refractivity contribution in [3.63, 3.8) is 0 Å². The summed E-state index contributed by atoms with van der Waals surface area (Å²) in [5, 5.41) is 0.571. The normalized spacial score (nSPS) is 12.8. The molecule has 0 aliphatic carbocycles. The van der Waals surface area contributed by atoms with Crippen molar-refractivity contribution < 1.29 is 9.47 Å². The molecule has 0 aliphatic rings. The van der Waals surface area contributed by atoms with Gasteiger partial charge >= 0.3 is 0 Å². The first-order chi connectivity index (χ1) is 9.51. The lowest BCUT2D eigenvalue weighted by Gasteiger charge is -2.34. The van der Waals surface area contributed by atoms with Gasteiger partial charge in [0, 0.05) is 18.6 Å². The zero-order valence-corrected chi connectivity index (χ0v) is 13.7. The summed E-state index contributed by atoms with van der Waals surface area (Å²) in [5.41, 5.74) is 6.95. The maximum absolute atomic E-state index is 6.48. The Morgan fingerprint density at radius 3 is 2.30 bits per heavy atom. The lowest BCUT2D eigenvalue weighted by Crippen LogP contribution is -2.38. The SMILES string of the molecule is CCN(C(C)C)C(CN)c1ccc(OC)c(OC)c1Cl. The third-order valence-electron chi connectivity index (χ3n) is 3.53. The second-order valence-corrected chi connectivity index (χ2v) is 5.26. The van der Waals surface area contributed by atoms with Gasteiger partial charge in [-0.15, -0.1) is 0 Å². The molecule has 20 heavy (non-hydrogen) atoms. The molecular weight excluding hydrogens is 276 g/mol. The molecule has 1 aromatic carbocycles. The Bertz CT molecular complexity index is 438. The van der Waals surface area contributed by atoms with Crippen LogP contribution < -0.4 is 15.2 Å². The molecule has 4 nitrogen and oxygen atoms in total. The molecule has 2 N–H and O–H groups in total. The molecule has 1 atom stereocenters. The molecule has 0 spiro atoms. The minimum Gasteiger partial charge on any atom is -0.493 e. The molecule has 5 heteroatoms. The van der Waals surface area contributed by atoms with Gasteiger partial charge in [0.1, 0.15) is 0 Å². The van der Waals surface area contributed by atoms with Crippen LogP contribution in [0.1, 0.15) is 32.4 Å². The number of likely N-dealkylation sites (N-methyl/N-ethyl adjacent to an activating group) is 1. The fourth-order valence-electron chi connectivity index (χ4n) is 2.55. The largest absolute Gasteiger partial charge is 0.493 e. The molecule has 0 saturated heterocycles. The van der Waals surface area contributed by atoms with Crippen LogP contribution in [0.3, 0.4) is 0 Å². The molecule has 114 valence electrons. The topological polar surface area (TPSA) is 47.7 Å². The van der Waals surface area contributed by atoms with Gasteiger partial charge in [-0.1, -0.05) is 24.6 Å². The Kier molecular flexibility index (Phi) is 6.59. The average molecular weight is 301 g/mol. The molecule has 0 aromatic heterocycles. The average Bonchev–Trinajstić information content (AvgIpc) is 2.44. The van der Waals surface area contributed by atoms with E-state index in [2.05, 4.69) is 25.7 Å². The number of methoxy groups -OCH3 is 2. The first kappa shape index (κ1) is 17.1. The van der Waals surface area contributed by atoms with Crippen LogP contribution in [0.15, 0.2) is 12.1 Å². The van der Waals surface area contributed by atoms with Gasteiger partial charge in [0.15, 0.2) is 11.5 Å². The second-order valence-electron chi connectivity index (χ2n) is 4.88. The van der Waals surface area contributed by atoms with Crippen LogP contribution in [0.25, 0.3) is 0 Å². The first-order valence-electron chi connectivity index (χ1n) is 6.87. The quantitative estimate of drug-likeness (QED) is 0.840. The maximum Gasteiger partial charge on any atom is 0.179 e. The Morgan fingerprint density at radius 2 is 1.90 bits per heavy atom. The Morgan fingerprint density at radius 1 is 1.25 bits per heavy atom. The van der Waals surface area contributed by atoms with Gasteiger partial charge in [-0.25, -0.2) is 0 Å². The van der Waals surface area contributed by atoms with Crippen LogP contribution in [0, 0.1) is 0 Å². The second kappa shape index (κ2) is 7.72. The van der Waals surface area contributed by atoms with Crippen LogP contribution in [0.4, 0.5) is 0 Å². The Balaban J connectivity index is 3.29. The van der Waals surface area contributed by atoms with E-state index < -0.39 is 0 Å². The van der Waals surface area contributed by atoms with Crippen molar-refractivity contribution in [3.05, 3.63) is 22.7 Å². The van der Waals surface area contributed by atoms with Crippen molar-refractivity contribution in [2.45, 2.75) is 32.9 Å².